The summed E-state index contributed by atoms with van der Waals surface area (Å²) in [5, 5.41) is 0.696. The Kier molecular flexibility index (Phi) is 6.32. The summed E-state index contributed by atoms with van der Waals surface area (Å²) in [6.07, 6.45) is -3.84. The van der Waals surface area contributed by atoms with Gasteiger partial charge >= 0.3 is 0 Å². The third kappa shape index (κ3) is 4.96. The lowest BCUT2D eigenvalue weighted by atomic mass is 9.98. The van der Waals surface area contributed by atoms with E-state index >= 15 is 0 Å². The summed E-state index contributed by atoms with van der Waals surface area (Å²) in [4.78, 5) is 24.9. The Bertz CT molecular complexity index is 912. The van der Waals surface area contributed by atoms with E-state index in [1.165, 1.54) is 12.1 Å². The second kappa shape index (κ2) is 8.60. The molecule has 0 radical (unpaired) electrons. The van der Waals surface area contributed by atoms with Gasteiger partial charge in [-0.05, 0) is 45.9 Å². The number of halogens is 2. The zero-order chi connectivity index (χ0) is 23.3. The quantitative estimate of drug-likeness (QED) is 0.615. The van der Waals surface area contributed by atoms with Gasteiger partial charge in [-0.15, -0.1) is 0 Å². The fourth-order valence-electron chi connectivity index (χ4n) is 3.80. The van der Waals surface area contributed by atoms with Crippen LogP contribution in [0.1, 0.15) is 27.7 Å². The smallest absolute Gasteiger partial charge is 0.276 e. The summed E-state index contributed by atoms with van der Waals surface area (Å²) < 4.78 is 34.7. The molecule has 3 aliphatic rings. The zero-order valence-electron chi connectivity index (χ0n) is 17.8. The Morgan fingerprint density at radius 1 is 0.969 bits per heavy atom. The van der Waals surface area contributed by atoms with Crippen LogP contribution in [-0.4, -0.2) is 60.7 Å². The van der Waals surface area contributed by atoms with Crippen molar-refractivity contribution in [1.82, 2.24) is 10.9 Å². The molecule has 12 heteroatoms. The average Bonchev–Trinajstić information content (AvgIpc) is 3.18. The first-order chi connectivity index (χ1) is 14.9. The molecule has 3 fully saturated rings. The van der Waals surface area contributed by atoms with Gasteiger partial charge in [0.25, 0.3) is 11.8 Å². The van der Waals surface area contributed by atoms with E-state index in [0.29, 0.717) is 5.02 Å². The maximum Gasteiger partial charge on any atom is 0.276 e. The van der Waals surface area contributed by atoms with Crippen molar-refractivity contribution in [2.45, 2.75) is 70.0 Å². The molecule has 1 aromatic rings. The van der Waals surface area contributed by atoms with Crippen molar-refractivity contribution in [3.63, 3.8) is 0 Å². The minimum Gasteiger partial charge on any atom is -0.482 e. The van der Waals surface area contributed by atoms with Crippen LogP contribution in [0.25, 0.3) is 0 Å². The number of rotatable bonds is 4. The van der Waals surface area contributed by atoms with Crippen molar-refractivity contribution in [1.29, 1.82) is 0 Å². The van der Waals surface area contributed by atoms with Gasteiger partial charge in [-0.2, -0.15) is 0 Å². The number of carbonyl (C=O) groups is 2. The van der Waals surface area contributed by atoms with Crippen LogP contribution >= 0.6 is 23.2 Å². The van der Waals surface area contributed by atoms with Crippen molar-refractivity contribution < 1.29 is 38.0 Å². The number of ether oxygens (including phenoxy) is 6. The number of nitrogens with one attached hydrogen (secondary N) is 2. The number of fused-ring (bicyclic) bond motifs is 3. The van der Waals surface area contributed by atoms with Gasteiger partial charge in [0.2, 0.25) is 0 Å². The first-order valence-electron chi connectivity index (χ1n) is 9.97. The predicted molar refractivity (Wildman–Crippen MR) is 111 cm³/mol. The molecule has 176 valence electrons. The van der Waals surface area contributed by atoms with Gasteiger partial charge in [-0.25, -0.2) is 0 Å². The van der Waals surface area contributed by atoms with Gasteiger partial charge in [0.15, 0.2) is 30.6 Å². The molecule has 32 heavy (non-hydrogen) atoms. The Labute approximate surface area is 194 Å². The van der Waals surface area contributed by atoms with Crippen molar-refractivity contribution in [2.75, 3.05) is 6.61 Å². The monoisotopic (exact) mass is 490 g/mol. The van der Waals surface area contributed by atoms with E-state index in [0.717, 1.165) is 0 Å². The number of carbonyl (C=O) groups excluding carboxylic acids is 2. The number of hydrogen-bond donors (Lipinski definition) is 2. The van der Waals surface area contributed by atoms with Crippen molar-refractivity contribution >= 4 is 35.0 Å². The summed E-state index contributed by atoms with van der Waals surface area (Å²) in [7, 11) is 0. The number of benzene rings is 1. The van der Waals surface area contributed by atoms with Crippen LogP contribution in [0.2, 0.25) is 10.0 Å². The molecular weight excluding hydrogens is 467 g/mol. The maximum absolute atomic E-state index is 12.8. The Morgan fingerprint density at radius 2 is 1.62 bits per heavy atom. The van der Waals surface area contributed by atoms with E-state index in [1.807, 2.05) is 0 Å². The van der Waals surface area contributed by atoms with Crippen LogP contribution in [0.4, 0.5) is 0 Å². The number of hydrazine groups is 1. The second-order valence-electron chi connectivity index (χ2n) is 8.49. The average molecular weight is 491 g/mol. The van der Waals surface area contributed by atoms with Gasteiger partial charge < -0.3 is 28.4 Å². The highest BCUT2D eigenvalue weighted by Gasteiger charge is 2.62. The lowest BCUT2D eigenvalue weighted by Gasteiger charge is -2.36. The largest absolute Gasteiger partial charge is 0.482 e. The molecule has 4 rings (SSSR count). The molecule has 3 saturated heterocycles. The maximum atomic E-state index is 12.8. The lowest BCUT2D eigenvalue weighted by molar-refractivity contribution is -0.231. The van der Waals surface area contributed by atoms with Crippen LogP contribution in [0.15, 0.2) is 18.2 Å². The van der Waals surface area contributed by atoms with E-state index in [1.54, 1.807) is 33.8 Å². The van der Waals surface area contributed by atoms with Crippen LogP contribution in [-0.2, 0) is 33.3 Å². The molecule has 3 aliphatic heterocycles. The summed E-state index contributed by atoms with van der Waals surface area (Å²) in [6.45, 7) is 6.57. The standard InChI is InChI=1S/C20H24Cl2N2O8/c1-19(2)29-13-14(30-19)16-18(32-20(3,4)31-16)28-15(13)17(26)24-23-12(25)8-27-11-6-5-9(21)7-10(11)22/h5-7,13-16,18H,8H2,1-4H3,(H,23,25)(H,24,26)/t13-,14-,15+,16-,18+/m1/s1. The predicted octanol–water partition coefficient (Wildman–Crippen LogP) is 1.92. The molecule has 0 bridgehead atoms. The van der Waals surface area contributed by atoms with Crippen molar-refractivity contribution in [3.05, 3.63) is 28.2 Å². The molecule has 2 amide bonds. The molecule has 5 atom stereocenters. The molecule has 0 saturated carbocycles. The third-order valence-electron chi connectivity index (χ3n) is 4.99. The van der Waals surface area contributed by atoms with E-state index in [-0.39, 0.29) is 17.4 Å². The molecule has 2 N–H and O–H groups in total. The summed E-state index contributed by atoms with van der Waals surface area (Å²) >= 11 is 11.8. The van der Waals surface area contributed by atoms with E-state index in [9.17, 15) is 9.59 Å². The van der Waals surface area contributed by atoms with Crippen LogP contribution in [0.3, 0.4) is 0 Å². The van der Waals surface area contributed by atoms with Crippen LogP contribution < -0.4 is 15.6 Å². The highest BCUT2D eigenvalue weighted by Crippen LogP contribution is 2.44. The van der Waals surface area contributed by atoms with E-state index in [4.69, 9.17) is 51.6 Å². The SMILES string of the molecule is CC1(C)O[C@@H]2[C@@H](O1)[C@@H](C(=O)NNC(=O)COc1ccc(Cl)cc1Cl)O[C@H]1OC(C)(C)O[C@@H]12. The Balaban J connectivity index is 1.35. The highest BCUT2D eigenvalue weighted by molar-refractivity contribution is 6.35. The van der Waals surface area contributed by atoms with Gasteiger partial charge in [0.05, 0.1) is 5.02 Å². The Morgan fingerprint density at radius 3 is 2.34 bits per heavy atom. The molecule has 0 spiro atoms. The first kappa shape index (κ1) is 23.5. The molecule has 0 aromatic heterocycles. The normalized spacial score (nSPS) is 32.0. The van der Waals surface area contributed by atoms with E-state index < -0.39 is 54.1 Å². The Hall–Kier alpha value is -1.66. The molecule has 10 nitrogen and oxygen atoms in total. The molecule has 0 aliphatic carbocycles. The number of amides is 2. The van der Waals surface area contributed by atoms with Gasteiger partial charge in [-0.1, -0.05) is 23.2 Å². The van der Waals surface area contributed by atoms with Gasteiger partial charge in [0, 0.05) is 5.02 Å². The summed E-state index contributed by atoms with van der Waals surface area (Å²) in [5.74, 6) is -2.82. The van der Waals surface area contributed by atoms with Crippen molar-refractivity contribution in [3.8, 4) is 5.75 Å². The fraction of sp³-hybridized carbons (Fsp3) is 0.600. The first-order valence-corrected chi connectivity index (χ1v) is 10.7. The topological polar surface area (TPSA) is 114 Å². The minimum atomic E-state index is -1.10. The third-order valence-corrected chi connectivity index (χ3v) is 5.52. The molecule has 1 aromatic carbocycles. The molecular formula is C20H24Cl2N2O8. The summed E-state index contributed by atoms with van der Waals surface area (Å²) in [5.41, 5.74) is 4.60. The second-order valence-corrected chi connectivity index (χ2v) is 9.33. The molecule has 3 heterocycles. The lowest BCUT2D eigenvalue weighted by Crippen LogP contribution is -2.61. The zero-order valence-corrected chi connectivity index (χ0v) is 19.4. The van der Waals surface area contributed by atoms with Crippen LogP contribution in [0.5, 0.6) is 5.75 Å². The highest BCUT2D eigenvalue weighted by atomic mass is 35.5. The fourth-order valence-corrected chi connectivity index (χ4v) is 4.26. The minimum absolute atomic E-state index is 0.258. The van der Waals surface area contributed by atoms with Crippen molar-refractivity contribution in [2.24, 2.45) is 0 Å². The van der Waals surface area contributed by atoms with Gasteiger partial charge in [-0.3, -0.25) is 20.4 Å². The van der Waals surface area contributed by atoms with Crippen LogP contribution in [0, 0.1) is 0 Å². The molecule has 0 unspecified atom stereocenters. The summed E-state index contributed by atoms with van der Waals surface area (Å²) in [6, 6.07) is 4.60. The number of hydrogen-bond acceptors (Lipinski definition) is 8. The van der Waals surface area contributed by atoms with Gasteiger partial charge in [0.1, 0.15) is 24.1 Å². The van der Waals surface area contributed by atoms with E-state index in [2.05, 4.69) is 10.9 Å².